The molecule has 0 aromatic heterocycles. The van der Waals surface area contributed by atoms with Crippen molar-refractivity contribution in [2.45, 2.75) is 37.1 Å². The summed E-state index contributed by atoms with van der Waals surface area (Å²) < 4.78 is 24.6. The van der Waals surface area contributed by atoms with Crippen molar-refractivity contribution in [2.75, 3.05) is 38.5 Å². The largest absolute Gasteiger partial charge is 0.295 e. The van der Waals surface area contributed by atoms with Crippen LogP contribution in [0.25, 0.3) is 0 Å². The summed E-state index contributed by atoms with van der Waals surface area (Å²) in [6, 6.07) is 7.79. The zero-order valence-corrected chi connectivity index (χ0v) is 16.8. The third-order valence-corrected chi connectivity index (χ3v) is 6.82. The number of sulfone groups is 1. The average molecular weight is 377 g/mol. The van der Waals surface area contributed by atoms with E-state index in [1.165, 1.54) is 18.4 Å². The van der Waals surface area contributed by atoms with Gasteiger partial charge in [0.1, 0.15) is 0 Å². The molecule has 2 rings (SSSR count). The van der Waals surface area contributed by atoms with E-state index in [9.17, 15) is 8.42 Å². The van der Waals surface area contributed by atoms with E-state index in [4.69, 9.17) is 0 Å². The molecule has 5 heteroatoms. The van der Waals surface area contributed by atoms with Gasteiger partial charge in [0.2, 0.25) is 0 Å². The molecule has 26 heavy (non-hydrogen) atoms. The minimum Gasteiger partial charge on any atom is -0.295 e. The second kappa shape index (κ2) is 10.0. The SMILES string of the molecule is C=CCN(CC=C)CC(c1ccc(S(=O)(=O)CCC)cc1)N1CCCC1. The fraction of sp³-hybridized carbons (Fsp3) is 0.524. The van der Waals surface area contributed by atoms with Crippen LogP contribution in [0.1, 0.15) is 37.8 Å². The number of nitrogens with zero attached hydrogens (tertiary/aromatic N) is 2. The van der Waals surface area contributed by atoms with Crippen LogP contribution >= 0.6 is 0 Å². The van der Waals surface area contributed by atoms with E-state index in [0.717, 1.165) is 32.7 Å². The number of hydrogen-bond donors (Lipinski definition) is 0. The van der Waals surface area contributed by atoms with E-state index in [1.54, 1.807) is 12.1 Å². The normalized spacial score (nSPS) is 16.7. The molecule has 0 radical (unpaired) electrons. The van der Waals surface area contributed by atoms with Crippen LogP contribution in [0.2, 0.25) is 0 Å². The van der Waals surface area contributed by atoms with E-state index in [1.807, 2.05) is 31.2 Å². The summed E-state index contributed by atoms with van der Waals surface area (Å²) in [7, 11) is -3.16. The molecule has 144 valence electrons. The van der Waals surface area contributed by atoms with Gasteiger partial charge in [-0.2, -0.15) is 0 Å². The minimum absolute atomic E-state index is 0.203. The molecule has 4 nitrogen and oxygen atoms in total. The van der Waals surface area contributed by atoms with Crippen molar-refractivity contribution in [3.8, 4) is 0 Å². The molecule has 0 amide bonds. The van der Waals surface area contributed by atoms with E-state index >= 15 is 0 Å². The molecule has 1 aromatic carbocycles. The van der Waals surface area contributed by atoms with E-state index < -0.39 is 9.84 Å². The lowest BCUT2D eigenvalue weighted by Crippen LogP contribution is -2.37. The van der Waals surface area contributed by atoms with Crippen molar-refractivity contribution < 1.29 is 8.42 Å². The van der Waals surface area contributed by atoms with E-state index in [0.29, 0.717) is 11.3 Å². The van der Waals surface area contributed by atoms with Gasteiger partial charge in [0.05, 0.1) is 10.6 Å². The Bertz CT molecular complexity index is 666. The maximum Gasteiger partial charge on any atom is 0.178 e. The molecule has 1 heterocycles. The first-order valence-electron chi connectivity index (χ1n) is 9.52. The van der Waals surface area contributed by atoms with Crippen molar-refractivity contribution in [3.63, 3.8) is 0 Å². The highest BCUT2D eigenvalue weighted by Crippen LogP contribution is 2.27. The lowest BCUT2D eigenvalue weighted by Gasteiger charge is -2.32. The highest BCUT2D eigenvalue weighted by molar-refractivity contribution is 7.91. The lowest BCUT2D eigenvalue weighted by atomic mass is 10.0. The predicted octanol–water partition coefficient (Wildman–Crippen LogP) is 3.68. The summed E-state index contributed by atoms with van der Waals surface area (Å²) in [5.41, 5.74) is 1.18. The first-order chi connectivity index (χ1) is 12.5. The number of rotatable bonds is 11. The van der Waals surface area contributed by atoms with Crippen molar-refractivity contribution >= 4 is 9.84 Å². The predicted molar refractivity (Wildman–Crippen MR) is 109 cm³/mol. The second-order valence-electron chi connectivity index (χ2n) is 6.94. The molecule has 0 spiro atoms. The molecule has 1 aromatic rings. The van der Waals surface area contributed by atoms with Crippen LogP contribution in [0.3, 0.4) is 0 Å². The van der Waals surface area contributed by atoms with Crippen LogP contribution in [0, 0.1) is 0 Å². The first kappa shape index (κ1) is 20.9. The van der Waals surface area contributed by atoms with E-state index in [2.05, 4.69) is 23.0 Å². The highest BCUT2D eigenvalue weighted by Gasteiger charge is 2.25. The second-order valence-corrected chi connectivity index (χ2v) is 9.05. The molecule has 1 atom stereocenters. The smallest absolute Gasteiger partial charge is 0.178 e. The zero-order valence-electron chi connectivity index (χ0n) is 15.9. The van der Waals surface area contributed by atoms with Crippen LogP contribution < -0.4 is 0 Å². The fourth-order valence-electron chi connectivity index (χ4n) is 3.60. The molecular formula is C21H32N2O2S. The van der Waals surface area contributed by atoms with Gasteiger partial charge in [0, 0.05) is 25.7 Å². The standard InChI is InChI=1S/C21H32N2O2S/c1-4-13-22(14-5-2)18-21(23-15-7-8-16-23)19-9-11-20(12-10-19)26(24,25)17-6-3/h4-5,9-12,21H,1-2,6-8,13-18H2,3H3. The Morgan fingerprint density at radius 2 is 1.69 bits per heavy atom. The maximum absolute atomic E-state index is 12.3. The van der Waals surface area contributed by atoms with Crippen LogP contribution in [0.15, 0.2) is 54.5 Å². The number of benzene rings is 1. The third kappa shape index (κ3) is 5.53. The van der Waals surface area contributed by atoms with Crippen molar-refractivity contribution in [2.24, 2.45) is 0 Å². The Morgan fingerprint density at radius 1 is 1.12 bits per heavy atom. The Kier molecular flexibility index (Phi) is 8.07. The monoisotopic (exact) mass is 376 g/mol. The van der Waals surface area contributed by atoms with Gasteiger partial charge in [-0.25, -0.2) is 8.42 Å². The molecule has 1 unspecified atom stereocenters. The van der Waals surface area contributed by atoms with Gasteiger partial charge < -0.3 is 0 Å². The fourth-order valence-corrected chi connectivity index (χ4v) is 4.93. The van der Waals surface area contributed by atoms with Crippen LogP contribution in [-0.2, 0) is 9.84 Å². The van der Waals surface area contributed by atoms with Crippen molar-refractivity contribution in [3.05, 3.63) is 55.1 Å². The molecule has 0 saturated carbocycles. The molecule has 0 bridgehead atoms. The topological polar surface area (TPSA) is 40.6 Å². The summed E-state index contributed by atoms with van der Waals surface area (Å²) in [4.78, 5) is 5.26. The van der Waals surface area contributed by atoms with Gasteiger partial charge in [-0.3, -0.25) is 9.80 Å². The summed E-state index contributed by atoms with van der Waals surface area (Å²) >= 11 is 0. The molecule has 1 fully saturated rings. The van der Waals surface area contributed by atoms with Gasteiger partial charge in [0.15, 0.2) is 9.84 Å². The molecule has 1 aliphatic heterocycles. The molecule has 0 aliphatic carbocycles. The van der Waals surface area contributed by atoms with Crippen molar-refractivity contribution in [1.29, 1.82) is 0 Å². The highest BCUT2D eigenvalue weighted by atomic mass is 32.2. The molecule has 0 N–H and O–H groups in total. The Morgan fingerprint density at radius 3 is 2.19 bits per heavy atom. The quantitative estimate of drug-likeness (QED) is 0.553. The third-order valence-electron chi connectivity index (χ3n) is 4.88. The van der Waals surface area contributed by atoms with Gasteiger partial charge in [-0.1, -0.05) is 31.2 Å². The van der Waals surface area contributed by atoms with Crippen LogP contribution in [-0.4, -0.2) is 56.7 Å². The first-order valence-corrected chi connectivity index (χ1v) is 11.2. The van der Waals surface area contributed by atoms with Gasteiger partial charge in [-0.15, -0.1) is 13.2 Å². The lowest BCUT2D eigenvalue weighted by molar-refractivity contribution is 0.179. The molecule has 1 aliphatic rings. The van der Waals surface area contributed by atoms with Crippen molar-refractivity contribution in [1.82, 2.24) is 9.80 Å². The van der Waals surface area contributed by atoms with Gasteiger partial charge >= 0.3 is 0 Å². The number of likely N-dealkylation sites (tertiary alicyclic amines) is 1. The summed E-state index contributed by atoms with van der Waals surface area (Å²) in [5, 5.41) is 0. The van der Waals surface area contributed by atoms with Gasteiger partial charge in [0.25, 0.3) is 0 Å². The average Bonchev–Trinajstić information content (AvgIpc) is 3.14. The van der Waals surface area contributed by atoms with Crippen LogP contribution in [0.5, 0.6) is 0 Å². The summed E-state index contributed by atoms with van der Waals surface area (Å²) in [5.74, 6) is 0.203. The summed E-state index contributed by atoms with van der Waals surface area (Å²) in [6.45, 7) is 14.3. The number of hydrogen-bond acceptors (Lipinski definition) is 4. The zero-order chi connectivity index (χ0) is 19.0. The Hall–Kier alpha value is -1.43. The summed E-state index contributed by atoms with van der Waals surface area (Å²) in [6.07, 6.45) is 6.93. The van der Waals surface area contributed by atoms with Crippen LogP contribution in [0.4, 0.5) is 0 Å². The Labute approximate surface area is 159 Å². The minimum atomic E-state index is -3.16. The molecule has 1 saturated heterocycles. The molecular weight excluding hydrogens is 344 g/mol. The Balaban J connectivity index is 2.24. The van der Waals surface area contributed by atoms with E-state index in [-0.39, 0.29) is 11.8 Å². The maximum atomic E-state index is 12.3. The van der Waals surface area contributed by atoms with Gasteiger partial charge in [-0.05, 0) is 50.0 Å².